The molecule has 0 aromatic heterocycles. The molecule has 4 rings (SSSR count). The van der Waals surface area contributed by atoms with Crippen LogP contribution in [-0.4, -0.2) is 24.3 Å². The Kier molecular flexibility index (Phi) is 4.49. The molecule has 1 fully saturated rings. The van der Waals surface area contributed by atoms with Crippen LogP contribution in [0.3, 0.4) is 0 Å². The minimum absolute atomic E-state index is 0.0947. The number of hydrogen-bond acceptors (Lipinski definition) is 3. The molecule has 0 spiro atoms. The molecule has 3 nitrogen and oxygen atoms in total. The van der Waals surface area contributed by atoms with Gasteiger partial charge in [0.2, 0.25) is 0 Å². The summed E-state index contributed by atoms with van der Waals surface area (Å²) < 4.78 is 25.4. The van der Waals surface area contributed by atoms with Crippen LogP contribution in [0.5, 0.6) is 0 Å². The fourth-order valence-electron chi connectivity index (χ4n) is 4.03. The van der Waals surface area contributed by atoms with Crippen molar-refractivity contribution in [1.29, 1.82) is 0 Å². The van der Waals surface area contributed by atoms with Crippen LogP contribution >= 0.6 is 0 Å². The summed E-state index contributed by atoms with van der Waals surface area (Å²) in [6, 6.07) is 12.4. The number of rotatable bonds is 2. The predicted molar refractivity (Wildman–Crippen MR) is 102 cm³/mol. The fraction of sp³-hybridized carbons (Fsp3) is 0.348. The maximum atomic E-state index is 13.9. The molecule has 0 bridgehead atoms. The van der Waals surface area contributed by atoms with E-state index in [1.54, 1.807) is 6.07 Å². The van der Waals surface area contributed by atoms with Gasteiger partial charge in [0.05, 0.1) is 12.7 Å². The van der Waals surface area contributed by atoms with Gasteiger partial charge in [-0.2, -0.15) is 0 Å². The van der Waals surface area contributed by atoms with E-state index >= 15 is 0 Å². The molecule has 1 heterocycles. The maximum absolute atomic E-state index is 13.9. The lowest BCUT2D eigenvalue weighted by Gasteiger charge is -2.18. The largest absolute Gasteiger partial charge is 0.348 e. The monoisotopic (exact) mass is 366 g/mol. The van der Waals surface area contributed by atoms with Crippen LogP contribution in [0, 0.1) is 5.82 Å². The van der Waals surface area contributed by atoms with Gasteiger partial charge in [-0.3, -0.25) is 4.79 Å². The van der Waals surface area contributed by atoms with E-state index in [1.807, 2.05) is 45.0 Å². The molecule has 2 aromatic carbocycles. The second-order valence-corrected chi connectivity index (χ2v) is 7.77. The van der Waals surface area contributed by atoms with Crippen LogP contribution in [-0.2, 0) is 15.9 Å². The molecule has 1 aliphatic heterocycles. The Balaban J connectivity index is 1.81. The Morgan fingerprint density at radius 2 is 1.89 bits per heavy atom. The molecule has 0 radical (unpaired) electrons. The molecule has 1 aliphatic carbocycles. The van der Waals surface area contributed by atoms with E-state index in [1.165, 1.54) is 12.1 Å². The normalized spacial score (nSPS) is 22.8. The second kappa shape index (κ2) is 6.70. The molecular formula is C23H23FO3. The Bertz CT molecular complexity index is 942. The molecule has 1 saturated heterocycles. The molecule has 0 amide bonds. The lowest BCUT2D eigenvalue weighted by molar-refractivity contribution is -0.138. The molecule has 1 atom stereocenters. The van der Waals surface area contributed by atoms with Gasteiger partial charge < -0.3 is 9.47 Å². The summed E-state index contributed by atoms with van der Waals surface area (Å²) in [5, 5.41) is 0. The van der Waals surface area contributed by atoms with Gasteiger partial charge >= 0.3 is 0 Å². The molecule has 27 heavy (non-hydrogen) atoms. The van der Waals surface area contributed by atoms with Gasteiger partial charge in [0.15, 0.2) is 11.6 Å². The average molecular weight is 366 g/mol. The Morgan fingerprint density at radius 3 is 2.63 bits per heavy atom. The van der Waals surface area contributed by atoms with Crippen molar-refractivity contribution in [1.82, 2.24) is 0 Å². The van der Waals surface area contributed by atoms with Crippen LogP contribution in [0.2, 0.25) is 0 Å². The number of benzene rings is 2. The number of allylic oxidation sites excluding steroid dienone is 1. The van der Waals surface area contributed by atoms with Crippen molar-refractivity contribution in [3.8, 4) is 0 Å². The van der Waals surface area contributed by atoms with E-state index in [2.05, 4.69) is 0 Å². The van der Waals surface area contributed by atoms with Gasteiger partial charge in [0, 0.05) is 11.1 Å². The Hall–Kier alpha value is -2.30. The van der Waals surface area contributed by atoms with Crippen molar-refractivity contribution in [2.45, 2.75) is 45.5 Å². The van der Waals surface area contributed by atoms with Gasteiger partial charge in [0.25, 0.3) is 0 Å². The Morgan fingerprint density at radius 1 is 1.15 bits per heavy atom. The number of ether oxygens (including phenoxy) is 2. The summed E-state index contributed by atoms with van der Waals surface area (Å²) in [4.78, 5) is 13.4. The minimum Gasteiger partial charge on any atom is -0.348 e. The van der Waals surface area contributed by atoms with Crippen molar-refractivity contribution < 1.29 is 18.7 Å². The summed E-state index contributed by atoms with van der Waals surface area (Å²) in [7, 11) is 0. The number of Topliss-reactive ketones (excluding diaryl/α,β-unsaturated/α-hetero) is 1. The lowest BCUT2D eigenvalue weighted by Crippen LogP contribution is -2.21. The molecule has 4 heteroatoms. The molecule has 0 saturated carbocycles. The standard InChI is InChI=1S/C23H23FO3/c1-14(10-18-13-26-23(2,3)27-18)21-19-7-5-4-6-15(19)11-16-8-9-17(24)12-20(16)22(21)25/h4-9,12,18H,10-11,13H2,1-3H3/b21-14+/t18-/m1/s1. The third-order valence-corrected chi connectivity index (χ3v) is 5.24. The van der Waals surface area contributed by atoms with Crippen molar-refractivity contribution in [3.63, 3.8) is 0 Å². The first kappa shape index (κ1) is 18.1. The molecule has 140 valence electrons. The quantitative estimate of drug-likeness (QED) is 0.707. The zero-order valence-electron chi connectivity index (χ0n) is 15.8. The summed E-state index contributed by atoms with van der Waals surface area (Å²) in [5.41, 5.74) is 4.91. The summed E-state index contributed by atoms with van der Waals surface area (Å²) >= 11 is 0. The van der Waals surface area contributed by atoms with Crippen LogP contribution in [0.15, 0.2) is 48.0 Å². The number of halogens is 1. The zero-order chi connectivity index (χ0) is 19.2. The predicted octanol–water partition coefficient (Wildman–Crippen LogP) is 4.93. The second-order valence-electron chi connectivity index (χ2n) is 7.77. The SMILES string of the molecule is C/C(C[C@@H]1COC(C)(C)O1)=C1\C(=O)c2cc(F)ccc2Cc2ccccc21. The highest BCUT2D eigenvalue weighted by Crippen LogP contribution is 2.36. The van der Waals surface area contributed by atoms with E-state index in [4.69, 9.17) is 9.47 Å². The number of hydrogen-bond donors (Lipinski definition) is 0. The van der Waals surface area contributed by atoms with Crippen molar-refractivity contribution in [2.24, 2.45) is 0 Å². The first-order valence-electron chi connectivity index (χ1n) is 9.27. The van der Waals surface area contributed by atoms with E-state index in [0.717, 1.165) is 22.3 Å². The third kappa shape index (κ3) is 3.47. The summed E-state index contributed by atoms with van der Waals surface area (Å²) in [6.45, 7) is 6.24. The fourth-order valence-corrected chi connectivity index (χ4v) is 4.03. The zero-order valence-corrected chi connectivity index (χ0v) is 15.8. The molecular weight excluding hydrogens is 343 g/mol. The van der Waals surface area contributed by atoms with E-state index in [0.29, 0.717) is 30.6 Å². The number of fused-ring (bicyclic) bond motifs is 2. The summed E-state index contributed by atoms with van der Waals surface area (Å²) in [5.74, 6) is -1.11. The highest BCUT2D eigenvalue weighted by Gasteiger charge is 2.34. The first-order chi connectivity index (χ1) is 12.8. The third-order valence-electron chi connectivity index (χ3n) is 5.24. The molecule has 2 aromatic rings. The van der Waals surface area contributed by atoms with Crippen molar-refractivity contribution in [2.75, 3.05) is 6.61 Å². The van der Waals surface area contributed by atoms with Crippen molar-refractivity contribution in [3.05, 3.63) is 76.1 Å². The first-order valence-corrected chi connectivity index (χ1v) is 9.27. The van der Waals surface area contributed by atoms with Gasteiger partial charge in [-0.05, 0) is 62.4 Å². The number of carbonyl (C=O) groups excluding carboxylic acids is 1. The molecule has 0 unspecified atom stereocenters. The van der Waals surface area contributed by atoms with Crippen LogP contribution < -0.4 is 0 Å². The van der Waals surface area contributed by atoms with Crippen LogP contribution in [0.4, 0.5) is 4.39 Å². The number of carbonyl (C=O) groups is 1. The van der Waals surface area contributed by atoms with E-state index in [-0.39, 0.29) is 17.7 Å². The highest BCUT2D eigenvalue weighted by atomic mass is 19.1. The van der Waals surface area contributed by atoms with Gasteiger partial charge in [-0.25, -0.2) is 4.39 Å². The Labute approximate surface area is 158 Å². The van der Waals surface area contributed by atoms with Gasteiger partial charge in [-0.1, -0.05) is 35.9 Å². The van der Waals surface area contributed by atoms with E-state index in [9.17, 15) is 9.18 Å². The number of ketones is 1. The average Bonchev–Trinajstić information content (AvgIpc) is 2.90. The van der Waals surface area contributed by atoms with E-state index < -0.39 is 5.79 Å². The topological polar surface area (TPSA) is 35.5 Å². The van der Waals surface area contributed by atoms with Crippen LogP contribution in [0.1, 0.15) is 54.2 Å². The van der Waals surface area contributed by atoms with Crippen LogP contribution in [0.25, 0.3) is 5.57 Å². The maximum Gasteiger partial charge on any atom is 0.193 e. The lowest BCUT2D eigenvalue weighted by atomic mass is 9.90. The van der Waals surface area contributed by atoms with Gasteiger partial charge in [-0.15, -0.1) is 0 Å². The summed E-state index contributed by atoms with van der Waals surface area (Å²) in [6.07, 6.45) is 1.12. The smallest absolute Gasteiger partial charge is 0.193 e. The highest BCUT2D eigenvalue weighted by molar-refractivity contribution is 6.30. The molecule has 2 aliphatic rings. The minimum atomic E-state index is -0.600. The van der Waals surface area contributed by atoms with Crippen molar-refractivity contribution >= 4 is 11.4 Å². The molecule has 0 N–H and O–H groups in total. The van der Waals surface area contributed by atoms with Gasteiger partial charge in [0.1, 0.15) is 5.82 Å².